The number of ether oxygens (including phenoxy) is 1. The fourth-order valence-electron chi connectivity index (χ4n) is 1.30. The van der Waals surface area contributed by atoms with Gasteiger partial charge >= 0.3 is 5.97 Å². The van der Waals surface area contributed by atoms with E-state index in [1.54, 1.807) is 6.20 Å². The number of aryl methyl sites for hydroxylation is 1. The van der Waals surface area contributed by atoms with Crippen molar-refractivity contribution in [2.45, 2.75) is 26.7 Å². The van der Waals surface area contributed by atoms with E-state index in [0.29, 0.717) is 6.61 Å². The van der Waals surface area contributed by atoms with Crippen LogP contribution >= 0.6 is 0 Å². The minimum Gasteiger partial charge on any atom is -0.462 e. The summed E-state index contributed by atoms with van der Waals surface area (Å²) in [4.78, 5) is 11.2. The average molecular weight is 233 g/mol. The molecule has 0 fully saturated rings. The molecule has 0 atom stereocenters. The number of nitrogens with one attached hydrogen (secondary N) is 1. The molecule has 0 aliphatic heterocycles. The molecule has 92 valence electrons. The van der Waals surface area contributed by atoms with Crippen molar-refractivity contribution in [2.75, 3.05) is 11.9 Å². The zero-order chi connectivity index (χ0) is 12.5. The number of carbonyl (C=O) groups is 1. The van der Waals surface area contributed by atoms with Crippen LogP contribution < -0.4 is 5.32 Å². The molecule has 1 aromatic carbocycles. The highest BCUT2D eigenvalue weighted by molar-refractivity contribution is 5.82. The van der Waals surface area contributed by atoms with Crippen molar-refractivity contribution < 1.29 is 9.53 Å². The number of anilines is 1. The molecule has 0 heterocycles. The number of esters is 1. The molecule has 1 rings (SSSR count). The summed E-state index contributed by atoms with van der Waals surface area (Å²) in [6.07, 6.45) is 4.95. The van der Waals surface area contributed by atoms with Crippen molar-refractivity contribution in [1.29, 1.82) is 0 Å². The summed E-state index contributed by atoms with van der Waals surface area (Å²) in [5.74, 6) is -0.306. The van der Waals surface area contributed by atoms with Crippen LogP contribution in [0.1, 0.15) is 25.3 Å². The van der Waals surface area contributed by atoms with Gasteiger partial charge in [0.05, 0.1) is 6.61 Å². The van der Waals surface area contributed by atoms with Gasteiger partial charge in [-0.2, -0.15) is 0 Å². The van der Waals surface area contributed by atoms with Gasteiger partial charge in [-0.15, -0.1) is 0 Å². The number of benzene rings is 1. The van der Waals surface area contributed by atoms with Crippen LogP contribution in [-0.2, 0) is 9.53 Å². The quantitative estimate of drug-likeness (QED) is 0.465. The van der Waals surface area contributed by atoms with Crippen molar-refractivity contribution in [2.24, 2.45) is 0 Å². The van der Waals surface area contributed by atoms with Gasteiger partial charge in [0.15, 0.2) is 0 Å². The molecule has 0 aromatic heterocycles. The maximum absolute atomic E-state index is 11.2. The molecule has 0 unspecified atom stereocenters. The Morgan fingerprint density at radius 3 is 2.88 bits per heavy atom. The van der Waals surface area contributed by atoms with E-state index in [4.69, 9.17) is 4.74 Å². The van der Waals surface area contributed by atoms with Gasteiger partial charge in [0.25, 0.3) is 0 Å². The van der Waals surface area contributed by atoms with E-state index in [9.17, 15) is 4.79 Å². The van der Waals surface area contributed by atoms with E-state index in [2.05, 4.69) is 12.2 Å². The third-order valence-electron chi connectivity index (χ3n) is 2.35. The Bertz CT molecular complexity index is 386. The predicted octanol–water partition coefficient (Wildman–Crippen LogP) is 3.26. The SMILES string of the molecule is CCCCOC(=O)/C=C\Nc1ccccc1C. The summed E-state index contributed by atoms with van der Waals surface area (Å²) in [6.45, 7) is 4.56. The van der Waals surface area contributed by atoms with E-state index in [1.807, 2.05) is 31.2 Å². The second-order valence-electron chi connectivity index (χ2n) is 3.81. The lowest BCUT2D eigenvalue weighted by molar-refractivity contribution is -0.137. The number of carbonyl (C=O) groups excluding carboxylic acids is 1. The monoisotopic (exact) mass is 233 g/mol. The molecule has 0 saturated heterocycles. The van der Waals surface area contributed by atoms with Gasteiger partial charge in [-0.1, -0.05) is 31.5 Å². The molecule has 0 spiro atoms. The van der Waals surface area contributed by atoms with E-state index in [0.717, 1.165) is 24.1 Å². The molecular weight excluding hydrogens is 214 g/mol. The fraction of sp³-hybridized carbons (Fsp3) is 0.357. The van der Waals surface area contributed by atoms with Crippen LogP contribution in [0.5, 0.6) is 0 Å². The first kappa shape index (κ1) is 13.3. The van der Waals surface area contributed by atoms with Crippen LogP contribution in [0.25, 0.3) is 0 Å². The average Bonchev–Trinajstić information content (AvgIpc) is 2.32. The smallest absolute Gasteiger partial charge is 0.332 e. The second kappa shape index (κ2) is 7.49. The third-order valence-corrected chi connectivity index (χ3v) is 2.35. The van der Waals surface area contributed by atoms with Gasteiger partial charge < -0.3 is 10.1 Å². The number of rotatable bonds is 6. The minimum atomic E-state index is -0.306. The lowest BCUT2D eigenvalue weighted by Crippen LogP contribution is -2.03. The molecule has 0 aliphatic rings. The van der Waals surface area contributed by atoms with Crippen LogP contribution in [0, 0.1) is 6.92 Å². The summed E-state index contributed by atoms with van der Waals surface area (Å²) < 4.78 is 4.98. The fourth-order valence-corrected chi connectivity index (χ4v) is 1.30. The number of hydrogen-bond donors (Lipinski definition) is 1. The summed E-state index contributed by atoms with van der Waals surface area (Å²) in [6, 6.07) is 7.89. The Kier molecular flexibility index (Phi) is 5.86. The van der Waals surface area contributed by atoms with Gasteiger partial charge in [0.2, 0.25) is 0 Å². The highest BCUT2D eigenvalue weighted by Gasteiger charge is 1.96. The minimum absolute atomic E-state index is 0.306. The van der Waals surface area contributed by atoms with E-state index >= 15 is 0 Å². The van der Waals surface area contributed by atoms with Gasteiger partial charge in [-0.25, -0.2) is 4.79 Å². The number of para-hydroxylation sites is 1. The summed E-state index contributed by atoms with van der Waals surface area (Å²) in [7, 11) is 0. The predicted molar refractivity (Wildman–Crippen MR) is 69.8 cm³/mol. The van der Waals surface area contributed by atoms with E-state index in [-0.39, 0.29) is 5.97 Å². The topological polar surface area (TPSA) is 38.3 Å². The first-order valence-electron chi connectivity index (χ1n) is 5.89. The van der Waals surface area contributed by atoms with Gasteiger partial charge in [-0.05, 0) is 25.0 Å². The Balaban J connectivity index is 2.35. The van der Waals surface area contributed by atoms with Gasteiger partial charge in [0, 0.05) is 18.0 Å². The highest BCUT2D eigenvalue weighted by Crippen LogP contribution is 2.12. The molecule has 0 aliphatic carbocycles. The zero-order valence-corrected chi connectivity index (χ0v) is 10.4. The molecule has 0 amide bonds. The Morgan fingerprint density at radius 1 is 1.41 bits per heavy atom. The van der Waals surface area contributed by atoms with E-state index in [1.165, 1.54) is 6.08 Å². The Hall–Kier alpha value is -1.77. The van der Waals surface area contributed by atoms with Crippen LogP contribution in [0.2, 0.25) is 0 Å². The van der Waals surface area contributed by atoms with Crippen molar-refractivity contribution >= 4 is 11.7 Å². The molecule has 0 bridgehead atoms. The molecule has 1 N–H and O–H groups in total. The lowest BCUT2D eigenvalue weighted by Gasteiger charge is -2.04. The largest absolute Gasteiger partial charge is 0.462 e. The van der Waals surface area contributed by atoms with Crippen molar-refractivity contribution in [3.05, 3.63) is 42.1 Å². The molecule has 1 aromatic rings. The molecule has 0 radical (unpaired) electrons. The molecule has 17 heavy (non-hydrogen) atoms. The zero-order valence-electron chi connectivity index (χ0n) is 10.4. The van der Waals surface area contributed by atoms with Crippen molar-refractivity contribution in [3.63, 3.8) is 0 Å². The molecule has 3 nitrogen and oxygen atoms in total. The van der Waals surface area contributed by atoms with Gasteiger partial charge in [0.1, 0.15) is 0 Å². The molecule has 0 saturated carbocycles. The van der Waals surface area contributed by atoms with Crippen molar-refractivity contribution in [3.8, 4) is 0 Å². The summed E-state index contributed by atoms with van der Waals surface area (Å²) in [5.41, 5.74) is 2.13. The first-order chi connectivity index (χ1) is 8.24. The highest BCUT2D eigenvalue weighted by atomic mass is 16.5. The van der Waals surface area contributed by atoms with Crippen molar-refractivity contribution in [1.82, 2.24) is 0 Å². The maximum atomic E-state index is 11.2. The van der Waals surface area contributed by atoms with Crippen LogP contribution in [0.4, 0.5) is 5.69 Å². The summed E-state index contributed by atoms with van der Waals surface area (Å²) >= 11 is 0. The van der Waals surface area contributed by atoms with Crippen LogP contribution in [0.3, 0.4) is 0 Å². The maximum Gasteiger partial charge on any atom is 0.332 e. The molecule has 3 heteroatoms. The van der Waals surface area contributed by atoms with E-state index < -0.39 is 0 Å². The second-order valence-corrected chi connectivity index (χ2v) is 3.81. The number of hydrogen-bond acceptors (Lipinski definition) is 3. The third kappa shape index (κ3) is 5.20. The van der Waals surface area contributed by atoms with Crippen LogP contribution in [-0.4, -0.2) is 12.6 Å². The van der Waals surface area contributed by atoms with Crippen LogP contribution in [0.15, 0.2) is 36.5 Å². The molecular formula is C14H19NO2. The Labute approximate surface area is 102 Å². The standard InChI is InChI=1S/C14H19NO2/c1-3-4-11-17-14(16)9-10-15-13-8-6-5-7-12(13)2/h5-10,15H,3-4,11H2,1-2H3/b10-9-. The van der Waals surface area contributed by atoms with Gasteiger partial charge in [-0.3, -0.25) is 0 Å². The summed E-state index contributed by atoms with van der Waals surface area (Å²) in [5, 5.41) is 3.05. The lowest BCUT2D eigenvalue weighted by atomic mass is 10.2. The number of unbranched alkanes of at least 4 members (excludes halogenated alkanes) is 1. The normalized spacial score (nSPS) is 10.5. The Morgan fingerprint density at radius 2 is 2.18 bits per heavy atom. The first-order valence-corrected chi connectivity index (χ1v) is 5.89.